The quantitative estimate of drug-likeness (QED) is 0.918. The first-order chi connectivity index (χ1) is 9.22. The Morgan fingerprint density at radius 1 is 1.40 bits per heavy atom. The number of morpholine rings is 1. The topological polar surface area (TPSA) is 72.6 Å². The summed E-state index contributed by atoms with van der Waals surface area (Å²) >= 11 is 0. The van der Waals surface area contributed by atoms with Crippen LogP contribution in [0.25, 0.3) is 0 Å². The molecule has 5 nitrogen and oxygen atoms in total. The average molecular weight is 298 g/mol. The summed E-state index contributed by atoms with van der Waals surface area (Å²) in [6.07, 6.45) is 0. The van der Waals surface area contributed by atoms with Crippen molar-refractivity contribution in [3.63, 3.8) is 0 Å². The van der Waals surface area contributed by atoms with Crippen LogP contribution in [0.4, 0.5) is 0 Å². The van der Waals surface area contributed by atoms with Crippen molar-refractivity contribution in [1.29, 1.82) is 0 Å². The fourth-order valence-corrected chi connectivity index (χ4v) is 3.92. The summed E-state index contributed by atoms with van der Waals surface area (Å²) in [7, 11) is -3.49. The maximum Gasteiger partial charge on any atom is 0.243 e. The third-order valence-electron chi connectivity index (χ3n) is 3.41. The minimum Gasteiger partial charge on any atom is -0.373 e. The van der Waals surface area contributed by atoms with Crippen LogP contribution < -0.4 is 5.73 Å². The van der Waals surface area contributed by atoms with Gasteiger partial charge in [-0.25, -0.2) is 8.42 Å². The van der Waals surface area contributed by atoms with E-state index in [0.717, 1.165) is 5.56 Å². The number of nitrogens with two attached hydrogens (primary N) is 1. The second-order valence-electron chi connectivity index (χ2n) is 5.81. The molecule has 1 saturated heterocycles. The molecule has 0 radical (unpaired) electrons. The number of sulfonamides is 1. The third kappa shape index (κ3) is 3.20. The molecule has 6 heteroatoms. The molecule has 0 aliphatic carbocycles. The smallest absolute Gasteiger partial charge is 0.243 e. The predicted molar refractivity (Wildman–Crippen MR) is 77.8 cm³/mol. The lowest BCUT2D eigenvalue weighted by atomic mass is 10.1. The van der Waals surface area contributed by atoms with Gasteiger partial charge in [0.15, 0.2) is 0 Å². The van der Waals surface area contributed by atoms with E-state index in [-0.39, 0.29) is 6.04 Å². The molecule has 1 aliphatic heterocycles. The van der Waals surface area contributed by atoms with Crippen LogP contribution in [-0.4, -0.2) is 38.0 Å². The summed E-state index contributed by atoms with van der Waals surface area (Å²) in [4.78, 5) is 0.296. The number of benzene rings is 1. The standard InChI is InChI=1S/C14H22N2O3S/c1-11(15)12-5-4-6-13(9-12)20(17,18)16-7-8-19-14(2,3)10-16/h4-6,9,11H,7-8,10,15H2,1-3H3. The van der Waals surface area contributed by atoms with E-state index >= 15 is 0 Å². The van der Waals surface area contributed by atoms with Crippen LogP contribution in [0.15, 0.2) is 29.2 Å². The minimum atomic E-state index is -3.49. The van der Waals surface area contributed by atoms with Crippen LogP contribution >= 0.6 is 0 Å². The average Bonchev–Trinajstić information content (AvgIpc) is 2.37. The molecule has 2 rings (SSSR count). The minimum absolute atomic E-state index is 0.189. The Bertz CT molecular complexity index is 582. The molecule has 1 aromatic carbocycles. The number of hydrogen-bond acceptors (Lipinski definition) is 4. The van der Waals surface area contributed by atoms with E-state index in [2.05, 4.69) is 0 Å². The zero-order chi connectivity index (χ0) is 15.0. The summed E-state index contributed by atoms with van der Waals surface area (Å²) in [6.45, 7) is 6.79. The van der Waals surface area contributed by atoms with Crippen molar-refractivity contribution < 1.29 is 13.2 Å². The summed E-state index contributed by atoms with van der Waals surface area (Å²) < 4.78 is 32.4. The van der Waals surface area contributed by atoms with Gasteiger partial charge >= 0.3 is 0 Å². The Kier molecular flexibility index (Phi) is 4.20. The second-order valence-corrected chi connectivity index (χ2v) is 7.75. The van der Waals surface area contributed by atoms with Gasteiger partial charge in [0, 0.05) is 19.1 Å². The molecule has 1 fully saturated rings. The van der Waals surface area contributed by atoms with Crippen LogP contribution in [0.2, 0.25) is 0 Å². The molecule has 2 N–H and O–H groups in total. The molecule has 0 spiro atoms. The van der Waals surface area contributed by atoms with Gasteiger partial charge in [0.25, 0.3) is 0 Å². The summed E-state index contributed by atoms with van der Waals surface area (Å²) in [5, 5.41) is 0. The van der Waals surface area contributed by atoms with Crippen molar-refractivity contribution in [3.8, 4) is 0 Å². The number of nitrogens with zero attached hydrogens (tertiary/aromatic N) is 1. The van der Waals surface area contributed by atoms with Crippen LogP contribution in [0.5, 0.6) is 0 Å². The zero-order valence-electron chi connectivity index (χ0n) is 12.2. The summed E-state index contributed by atoms with van der Waals surface area (Å²) in [5.41, 5.74) is 6.18. The SMILES string of the molecule is CC(N)c1cccc(S(=O)(=O)N2CCOC(C)(C)C2)c1. The highest BCUT2D eigenvalue weighted by atomic mass is 32.2. The highest BCUT2D eigenvalue weighted by Gasteiger charge is 2.34. The Morgan fingerprint density at radius 2 is 2.10 bits per heavy atom. The third-order valence-corrected chi connectivity index (χ3v) is 5.25. The predicted octanol–water partition coefficient (Wildman–Crippen LogP) is 1.51. The molecule has 0 bridgehead atoms. The lowest BCUT2D eigenvalue weighted by molar-refractivity contribution is -0.0640. The maximum atomic E-state index is 12.7. The van der Waals surface area contributed by atoms with E-state index in [1.54, 1.807) is 18.2 Å². The van der Waals surface area contributed by atoms with Crippen LogP contribution in [-0.2, 0) is 14.8 Å². The number of ether oxygens (including phenoxy) is 1. The van der Waals surface area contributed by atoms with Crippen molar-refractivity contribution in [2.45, 2.75) is 37.3 Å². The van der Waals surface area contributed by atoms with Gasteiger partial charge in [-0.3, -0.25) is 0 Å². The largest absolute Gasteiger partial charge is 0.373 e. The van der Waals surface area contributed by atoms with E-state index < -0.39 is 15.6 Å². The van der Waals surface area contributed by atoms with E-state index in [9.17, 15) is 8.42 Å². The first-order valence-electron chi connectivity index (χ1n) is 6.72. The van der Waals surface area contributed by atoms with Crippen molar-refractivity contribution in [2.75, 3.05) is 19.7 Å². The monoisotopic (exact) mass is 298 g/mol. The van der Waals surface area contributed by atoms with Crippen molar-refractivity contribution >= 4 is 10.0 Å². The van der Waals surface area contributed by atoms with Gasteiger partial charge in [0.1, 0.15) is 0 Å². The summed E-state index contributed by atoms with van der Waals surface area (Å²) in [5.74, 6) is 0. The first kappa shape index (κ1) is 15.4. The first-order valence-corrected chi connectivity index (χ1v) is 8.16. The van der Waals surface area contributed by atoms with E-state index in [4.69, 9.17) is 10.5 Å². The van der Waals surface area contributed by atoms with E-state index in [1.807, 2.05) is 26.8 Å². The molecule has 1 heterocycles. The normalized spacial score (nSPS) is 21.6. The van der Waals surface area contributed by atoms with Gasteiger partial charge in [0.05, 0.1) is 17.1 Å². The number of rotatable bonds is 3. The molecule has 20 heavy (non-hydrogen) atoms. The van der Waals surface area contributed by atoms with Gasteiger partial charge in [-0.1, -0.05) is 12.1 Å². The van der Waals surface area contributed by atoms with Crippen molar-refractivity contribution in [2.24, 2.45) is 5.73 Å². The highest BCUT2D eigenvalue weighted by Crippen LogP contribution is 2.24. The van der Waals surface area contributed by atoms with Crippen LogP contribution in [0.1, 0.15) is 32.4 Å². The Hall–Kier alpha value is -0.950. The molecule has 112 valence electrons. The zero-order valence-corrected chi connectivity index (χ0v) is 13.0. The molecular formula is C14H22N2O3S. The molecule has 1 atom stereocenters. The molecule has 0 aromatic heterocycles. The lowest BCUT2D eigenvalue weighted by Gasteiger charge is -2.37. The summed E-state index contributed by atoms with van der Waals surface area (Å²) in [6, 6.07) is 6.65. The van der Waals surface area contributed by atoms with Gasteiger partial charge in [-0.2, -0.15) is 4.31 Å². The molecule has 1 aromatic rings. The van der Waals surface area contributed by atoms with Gasteiger partial charge in [-0.05, 0) is 38.5 Å². The van der Waals surface area contributed by atoms with Gasteiger partial charge < -0.3 is 10.5 Å². The maximum absolute atomic E-state index is 12.7. The molecule has 0 saturated carbocycles. The molecule has 1 aliphatic rings. The van der Waals surface area contributed by atoms with Crippen molar-refractivity contribution in [1.82, 2.24) is 4.31 Å². The Labute approximate surface area is 120 Å². The van der Waals surface area contributed by atoms with E-state index in [0.29, 0.717) is 24.6 Å². The molecule has 0 amide bonds. The van der Waals surface area contributed by atoms with E-state index in [1.165, 1.54) is 4.31 Å². The molecular weight excluding hydrogens is 276 g/mol. The highest BCUT2D eigenvalue weighted by molar-refractivity contribution is 7.89. The Morgan fingerprint density at radius 3 is 2.70 bits per heavy atom. The fourth-order valence-electron chi connectivity index (χ4n) is 2.29. The molecule has 1 unspecified atom stereocenters. The van der Waals surface area contributed by atoms with Crippen LogP contribution in [0, 0.1) is 0 Å². The lowest BCUT2D eigenvalue weighted by Crippen LogP contribution is -2.50. The number of hydrogen-bond donors (Lipinski definition) is 1. The fraction of sp³-hybridized carbons (Fsp3) is 0.571. The second kappa shape index (κ2) is 5.44. The van der Waals surface area contributed by atoms with Crippen LogP contribution in [0.3, 0.4) is 0 Å². The van der Waals surface area contributed by atoms with Gasteiger partial charge in [0.2, 0.25) is 10.0 Å². The van der Waals surface area contributed by atoms with Gasteiger partial charge in [-0.15, -0.1) is 0 Å². The Balaban J connectivity index is 2.33. The van der Waals surface area contributed by atoms with Crippen molar-refractivity contribution in [3.05, 3.63) is 29.8 Å².